The second-order valence-corrected chi connectivity index (χ2v) is 2.99. The third-order valence-electron chi connectivity index (χ3n) is 1.46. The smallest absolute Gasteiger partial charge is 0.320 e. The molecular formula is C8H17NO7. The molecule has 0 aliphatic carbocycles. The van der Waals surface area contributed by atoms with Crippen molar-refractivity contribution in [1.29, 1.82) is 0 Å². The first kappa shape index (κ1) is 17.3. The highest BCUT2D eigenvalue weighted by Gasteiger charge is 2.22. The predicted octanol–water partition coefficient (Wildman–Crippen LogP) is -3.32. The maximum Gasteiger partial charge on any atom is 0.320 e. The Balaban J connectivity index is 0. The SMILES string of the molecule is C[C@H](N)C(=O)O.O=C[C@H](O)[C@H](O)[C@H](O)CO. The molecule has 4 atom stereocenters. The van der Waals surface area contributed by atoms with Crippen LogP contribution in [0.5, 0.6) is 0 Å². The van der Waals surface area contributed by atoms with Crippen LogP contribution in [0, 0.1) is 0 Å². The number of aliphatic hydroxyl groups is 4. The number of nitrogens with two attached hydrogens (primary N) is 1. The molecule has 0 unspecified atom stereocenters. The maximum absolute atomic E-state index is 9.76. The fraction of sp³-hybridized carbons (Fsp3) is 0.750. The van der Waals surface area contributed by atoms with E-state index in [1.54, 1.807) is 0 Å². The average molecular weight is 239 g/mol. The first-order chi connectivity index (χ1) is 7.27. The van der Waals surface area contributed by atoms with Crippen molar-refractivity contribution in [3.8, 4) is 0 Å². The molecule has 0 bridgehead atoms. The minimum atomic E-state index is -1.64. The number of hydrogen-bond donors (Lipinski definition) is 6. The summed E-state index contributed by atoms with van der Waals surface area (Å²) in [4.78, 5) is 19.3. The van der Waals surface area contributed by atoms with Crippen molar-refractivity contribution in [1.82, 2.24) is 0 Å². The largest absolute Gasteiger partial charge is 0.480 e. The third-order valence-corrected chi connectivity index (χ3v) is 1.46. The van der Waals surface area contributed by atoms with Crippen LogP contribution >= 0.6 is 0 Å². The lowest BCUT2D eigenvalue weighted by molar-refractivity contribution is -0.138. The number of hydrogen-bond acceptors (Lipinski definition) is 7. The first-order valence-electron chi connectivity index (χ1n) is 4.36. The van der Waals surface area contributed by atoms with Crippen LogP contribution in [0.3, 0.4) is 0 Å². The van der Waals surface area contributed by atoms with Gasteiger partial charge in [0.25, 0.3) is 0 Å². The van der Waals surface area contributed by atoms with Crippen molar-refractivity contribution in [3.63, 3.8) is 0 Å². The topological polar surface area (TPSA) is 161 Å². The van der Waals surface area contributed by atoms with Crippen molar-refractivity contribution >= 4 is 12.3 Å². The average Bonchev–Trinajstić information content (AvgIpc) is 2.26. The molecule has 0 heterocycles. The Morgan fingerprint density at radius 2 is 1.75 bits per heavy atom. The number of aliphatic hydroxyl groups excluding tert-OH is 4. The molecule has 0 aliphatic rings. The van der Waals surface area contributed by atoms with E-state index in [9.17, 15) is 9.59 Å². The van der Waals surface area contributed by atoms with E-state index in [2.05, 4.69) is 0 Å². The highest BCUT2D eigenvalue weighted by Crippen LogP contribution is 1.96. The Bertz CT molecular complexity index is 209. The summed E-state index contributed by atoms with van der Waals surface area (Å²) < 4.78 is 0. The lowest BCUT2D eigenvalue weighted by atomic mass is 10.1. The Morgan fingerprint density at radius 1 is 1.38 bits per heavy atom. The number of carboxylic acid groups (broad SMARTS) is 1. The van der Waals surface area contributed by atoms with Crippen molar-refractivity contribution in [3.05, 3.63) is 0 Å². The predicted molar refractivity (Wildman–Crippen MR) is 52.5 cm³/mol. The van der Waals surface area contributed by atoms with Gasteiger partial charge in [-0.1, -0.05) is 0 Å². The zero-order valence-electron chi connectivity index (χ0n) is 8.72. The van der Waals surface area contributed by atoms with Crippen molar-refractivity contribution < 1.29 is 35.1 Å². The van der Waals surface area contributed by atoms with Gasteiger partial charge in [-0.05, 0) is 6.92 Å². The Hall–Kier alpha value is -1.06. The molecule has 0 spiro atoms. The number of carbonyl (C=O) groups is 2. The quantitative estimate of drug-likeness (QED) is 0.271. The van der Waals surface area contributed by atoms with Gasteiger partial charge in [0.05, 0.1) is 6.61 Å². The summed E-state index contributed by atoms with van der Waals surface area (Å²) in [7, 11) is 0. The van der Waals surface area contributed by atoms with Gasteiger partial charge in [0.15, 0.2) is 6.29 Å². The van der Waals surface area contributed by atoms with Gasteiger partial charge in [-0.15, -0.1) is 0 Å². The summed E-state index contributed by atoms with van der Waals surface area (Å²) in [6.07, 6.45) is -4.63. The van der Waals surface area contributed by atoms with E-state index in [0.29, 0.717) is 0 Å². The summed E-state index contributed by atoms with van der Waals surface area (Å²) in [6.45, 7) is 0.731. The van der Waals surface area contributed by atoms with E-state index in [1.165, 1.54) is 6.92 Å². The molecule has 0 saturated heterocycles. The number of carboxylic acids is 1. The number of aliphatic carboxylic acids is 1. The Kier molecular flexibility index (Phi) is 9.96. The van der Waals surface area contributed by atoms with Crippen molar-refractivity contribution in [2.24, 2.45) is 5.73 Å². The van der Waals surface area contributed by atoms with Gasteiger partial charge in [-0.3, -0.25) is 4.79 Å². The molecule has 7 N–H and O–H groups in total. The van der Waals surface area contributed by atoms with Crippen LogP contribution in [-0.4, -0.2) is 68.7 Å². The van der Waals surface area contributed by atoms with Gasteiger partial charge in [0.2, 0.25) is 0 Å². The molecule has 0 rings (SSSR count). The molecule has 8 nitrogen and oxygen atoms in total. The van der Waals surface area contributed by atoms with Gasteiger partial charge < -0.3 is 36.1 Å². The van der Waals surface area contributed by atoms with Crippen LogP contribution < -0.4 is 5.73 Å². The van der Waals surface area contributed by atoms with E-state index >= 15 is 0 Å². The van der Waals surface area contributed by atoms with E-state index < -0.39 is 36.9 Å². The van der Waals surface area contributed by atoms with Crippen LogP contribution in [0.1, 0.15) is 6.92 Å². The van der Waals surface area contributed by atoms with E-state index in [-0.39, 0.29) is 6.29 Å². The molecule has 0 aromatic carbocycles. The van der Waals surface area contributed by atoms with Crippen molar-refractivity contribution in [2.45, 2.75) is 31.3 Å². The fourth-order valence-corrected chi connectivity index (χ4v) is 0.416. The summed E-state index contributed by atoms with van der Waals surface area (Å²) in [5.41, 5.74) is 4.84. The zero-order chi connectivity index (χ0) is 13.3. The second kappa shape index (κ2) is 9.19. The molecule has 0 radical (unpaired) electrons. The van der Waals surface area contributed by atoms with Crippen LogP contribution in [0.25, 0.3) is 0 Å². The van der Waals surface area contributed by atoms with E-state index in [0.717, 1.165) is 0 Å². The standard InChI is InChI=1S/C5H10O5.C3H7NO2/c6-1-3(8)5(10)4(9)2-7;1-2(4)3(5)6/h1,3-5,7-10H,2H2;2H,4H2,1H3,(H,5,6)/t3-,4+,5-;2-/m00/s1. The highest BCUT2D eigenvalue weighted by atomic mass is 16.4. The van der Waals surface area contributed by atoms with Gasteiger partial charge in [-0.2, -0.15) is 0 Å². The minimum absolute atomic E-state index is 0.0869. The van der Waals surface area contributed by atoms with Crippen LogP contribution in [0.2, 0.25) is 0 Å². The zero-order valence-corrected chi connectivity index (χ0v) is 8.72. The second-order valence-electron chi connectivity index (χ2n) is 2.99. The fourth-order valence-electron chi connectivity index (χ4n) is 0.416. The minimum Gasteiger partial charge on any atom is -0.480 e. The van der Waals surface area contributed by atoms with Gasteiger partial charge in [0.1, 0.15) is 24.4 Å². The Morgan fingerprint density at radius 3 is 1.94 bits per heavy atom. The molecule has 0 aromatic heterocycles. The molecule has 8 heteroatoms. The molecule has 0 saturated carbocycles. The molecule has 0 amide bonds. The summed E-state index contributed by atoms with van der Waals surface area (Å²) in [5, 5.41) is 41.9. The summed E-state index contributed by atoms with van der Waals surface area (Å²) >= 11 is 0. The van der Waals surface area contributed by atoms with E-state index in [4.69, 9.17) is 31.3 Å². The van der Waals surface area contributed by atoms with Crippen molar-refractivity contribution in [2.75, 3.05) is 6.61 Å². The number of rotatable bonds is 5. The molecule has 0 aliphatic heterocycles. The van der Waals surface area contributed by atoms with Gasteiger partial charge >= 0.3 is 5.97 Å². The summed E-state index contributed by atoms with van der Waals surface area (Å²) in [5.74, 6) is -0.963. The molecular weight excluding hydrogens is 222 g/mol. The van der Waals surface area contributed by atoms with E-state index in [1.807, 2.05) is 0 Å². The molecule has 96 valence electrons. The lowest BCUT2D eigenvalue weighted by Gasteiger charge is -2.16. The maximum atomic E-state index is 9.76. The summed E-state index contributed by atoms with van der Waals surface area (Å²) in [6, 6.07) is -0.731. The first-order valence-corrected chi connectivity index (χ1v) is 4.36. The van der Waals surface area contributed by atoms with Crippen LogP contribution in [0.4, 0.5) is 0 Å². The third kappa shape index (κ3) is 8.26. The van der Waals surface area contributed by atoms with Gasteiger partial charge in [0, 0.05) is 0 Å². The number of aldehydes is 1. The highest BCUT2D eigenvalue weighted by molar-refractivity contribution is 5.72. The van der Waals surface area contributed by atoms with Crippen LogP contribution in [-0.2, 0) is 9.59 Å². The monoisotopic (exact) mass is 239 g/mol. The molecule has 0 fully saturated rings. The van der Waals surface area contributed by atoms with Gasteiger partial charge in [-0.25, -0.2) is 0 Å². The molecule has 16 heavy (non-hydrogen) atoms. The Labute approximate surface area is 91.9 Å². The molecule has 0 aromatic rings. The van der Waals surface area contributed by atoms with Crippen LogP contribution in [0.15, 0.2) is 0 Å². The number of carbonyl (C=O) groups excluding carboxylic acids is 1. The normalized spacial score (nSPS) is 17.4. The lowest BCUT2D eigenvalue weighted by Crippen LogP contribution is -2.40.